The van der Waals surface area contributed by atoms with E-state index in [9.17, 15) is 14.4 Å². The van der Waals surface area contributed by atoms with Crippen LogP contribution in [-0.4, -0.2) is 36.4 Å². The number of nitrogens with one attached hydrogen (secondary N) is 4. The summed E-state index contributed by atoms with van der Waals surface area (Å²) in [5, 5.41) is 15.5. The van der Waals surface area contributed by atoms with E-state index in [4.69, 9.17) is 15.9 Å². The molecular weight excluding hydrogens is 446 g/mol. The largest absolute Gasteiger partial charge is 0.464 e. The number of carbonyl (C=O) groups is 3. The molecule has 0 aliphatic rings. The molecule has 0 radical (unpaired) electrons. The lowest BCUT2D eigenvalue weighted by Gasteiger charge is -2.18. The third kappa shape index (κ3) is 7.43. The van der Waals surface area contributed by atoms with Gasteiger partial charge in [0.25, 0.3) is 11.8 Å². The fraction of sp³-hybridized carbons (Fsp3) is 0.154. The van der Waals surface area contributed by atoms with Crippen LogP contribution in [0.1, 0.15) is 33.2 Å². The monoisotopic (exact) mass is 473 g/mol. The molecule has 0 fully saturated rings. The maximum atomic E-state index is 12.6. The number of hydrogen-bond donors (Lipinski definition) is 5. The molecule has 0 aromatic heterocycles. The smallest absolute Gasteiger partial charge is 0.328 e. The van der Waals surface area contributed by atoms with E-state index in [0.29, 0.717) is 22.5 Å². The minimum absolute atomic E-state index is 0.199. The molecule has 9 heteroatoms. The maximum absolute atomic E-state index is 12.6. The lowest BCUT2D eigenvalue weighted by molar-refractivity contribution is -0.145. The van der Waals surface area contributed by atoms with Crippen LogP contribution in [-0.2, 0) is 16.0 Å². The molecule has 0 aliphatic carbocycles. The number of hydrogen-bond acceptors (Lipinski definition) is 5. The van der Waals surface area contributed by atoms with E-state index in [2.05, 4.69) is 16.0 Å². The van der Waals surface area contributed by atoms with E-state index >= 15 is 0 Å². The molecule has 9 nitrogen and oxygen atoms in total. The molecule has 1 atom stereocenters. The van der Waals surface area contributed by atoms with E-state index in [1.165, 1.54) is 0 Å². The predicted molar refractivity (Wildman–Crippen MR) is 134 cm³/mol. The Balaban J connectivity index is 1.66. The Kier molecular flexibility index (Phi) is 8.55. The van der Waals surface area contributed by atoms with Crippen molar-refractivity contribution in [3.63, 3.8) is 0 Å². The number of esters is 1. The van der Waals surface area contributed by atoms with E-state index in [0.717, 1.165) is 5.56 Å². The first kappa shape index (κ1) is 25.0. The number of rotatable bonds is 9. The highest BCUT2D eigenvalue weighted by Crippen LogP contribution is 2.16. The van der Waals surface area contributed by atoms with Gasteiger partial charge >= 0.3 is 5.97 Å². The van der Waals surface area contributed by atoms with Crippen LogP contribution in [0.4, 0.5) is 11.4 Å². The summed E-state index contributed by atoms with van der Waals surface area (Å²) in [4.78, 5) is 37.6. The summed E-state index contributed by atoms with van der Waals surface area (Å²) in [7, 11) is 0. The van der Waals surface area contributed by atoms with Crippen LogP contribution in [0.25, 0.3) is 0 Å². The Bertz CT molecular complexity index is 1200. The fourth-order valence-electron chi connectivity index (χ4n) is 3.32. The predicted octanol–water partition coefficient (Wildman–Crippen LogP) is 3.15. The van der Waals surface area contributed by atoms with Crippen molar-refractivity contribution in [2.75, 3.05) is 17.2 Å². The number of ether oxygens (including phenoxy) is 1. The zero-order chi connectivity index (χ0) is 25.2. The van der Waals surface area contributed by atoms with E-state index in [1.54, 1.807) is 85.8 Å². The number of anilines is 2. The molecule has 0 unspecified atom stereocenters. The SMILES string of the molecule is CCOC(=O)[C@H](Cc1ccc(NC(=O)c2cccc(NC(=N)N)c2)cc1)NC(=O)c1ccccc1. The van der Waals surface area contributed by atoms with Gasteiger partial charge in [-0.05, 0) is 55.0 Å². The van der Waals surface area contributed by atoms with E-state index in [-0.39, 0.29) is 30.8 Å². The normalized spacial score (nSPS) is 11.1. The molecule has 0 bridgehead atoms. The highest BCUT2D eigenvalue weighted by atomic mass is 16.5. The molecule has 2 amide bonds. The second kappa shape index (κ2) is 12.0. The molecule has 3 rings (SSSR count). The Morgan fingerprint density at radius 1 is 0.857 bits per heavy atom. The summed E-state index contributed by atoms with van der Waals surface area (Å²) in [5.74, 6) is -1.44. The molecule has 0 aliphatic heterocycles. The van der Waals surface area contributed by atoms with E-state index < -0.39 is 12.0 Å². The molecule has 0 saturated carbocycles. The first-order chi connectivity index (χ1) is 16.9. The molecule has 6 N–H and O–H groups in total. The average molecular weight is 474 g/mol. The van der Waals surface area contributed by atoms with Gasteiger partial charge in [0, 0.05) is 28.9 Å². The van der Waals surface area contributed by atoms with Crippen molar-refractivity contribution in [1.29, 1.82) is 5.41 Å². The summed E-state index contributed by atoms with van der Waals surface area (Å²) in [6, 6.07) is 21.4. The van der Waals surface area contributed by atoms with Crippen molar-refractivity contribution in [2.24, 2.45) is 5.73 Å². The molecule has 180 valence electrons. The van der Waals surface area contributed by atoms with Gasteiger partial charge in [-0.1, -0.05) is 36.4 Å². The van der Waals surface area contributed by atoms with Gasteiger partial charge in [0.15, 0.2) is 5.96 Å². The molecule has 3 aromatic rings. The van der Waals surface area contributed by atoms with Crippen molar-refractivity contribution < 1.29 is 19.1 Å². The van der Waals surface area contributed by atoms with Crippen molar-refractivity contribution >= 4 is 35.1 Å². The van der Waals surface area contributed by atoms with Crippen LogP contribution in [0.15, 0.2) is 78.9 Å². The van der Waals surface area contributed by atoms with Crippen LogP contribution in [0, 0.1) is 5.41 Å². The Labute approximate surface area is 203 Å². The molecule has 3 aromatic carbocycles. The number of nitrogens with two attached hydrogens (primary N) is 1. The maximum Gasteiger partial charge on any atom is 0.328 e. The summed E-state index contributed by atoms with van der Waals surface area (Å²) in [6.45, 7) is 1.90. The Morgan fingerprint density at radius 2 is 1.54 bits per heavy atom. The van der Waals surface area contributed by atoms with Gasteiger partial charge < -0.3 is 26.4 Å². The fourth-order valence-corrected chi connectivity index (χ4v) is 3.32. The second-order valence-corrected chi connectivity index (χ2v) is 7.62. The van der Waals surface area contributed by atoms with Gasteiger partial charge in [0.05, 0.1) is 6.61 Å². The van der Waals surface area contributed by atoms with Crippen LogP contribution in [0.5, 0.6) is 0 Å². The number of carbonyl (C=O) groups excluding carboxylic acids is 3. The lowest BCUT2D eigenvalue weighted by Crippen LogP contribution is -2.43. The first-order valence-corrected chi connectivity index (χ1v) is 11.0. The summed E-state index contributed by atoms with van der Waals surface area (Å²) >= 11 is 0. The summed E-state index contributed by atoms with van der Waals surface area (Å²) in [5.41, 5.74) is 8.05. The van der Waals surface area contributed by atoms with Crippen molar-refractivity contribution in [2.45, 2.75) is 19.4 Å². The van der Waals surface area contributed by atoms with Crippen molar-refractivity contribution in [3.05, 3.63) is 95.6 Å². The molecular formula is C26H27N5O4. The molecule has 0 saturated heterocycles. The zero-order valence-corrected chi connectivity index (χ0v) is 19.2. The Hall–Kier alpha value is -4.66. The number of benzene rings is 3. The third-order valence-corrected chi connectivity index (χ3v) is 4.97. The van der Waals surface area contributed by atoms with Gasteiger partial charge in [-0.2, -0.15) is 0 Å². The standard InChI is InChI=1S/C26H27N5O4/c1-2-35-25(34)22(31-23(32)18-7-4-3-5-8-18)15-17-11-13-20(14-12-17)29-24(33)19-9-6-10-21(16-19)30-26(27)28/h3-14,16,22H,2,15H2,1H3,(H,29,33)(H,31,32)(H4,27,28,30)/t22-/m0/s1. The Morgan fingerprint density at radius 3 is 2.20 bits per heavy atom. The highest BCUT2D eigenvalue weighted by Gasteiger charge is 2.23. The van der Waals surface area contributed by atoms with Crippen molar-refractivity contribution in [3.8, 4) is 0 Å². The van der Waals surface area contributed by atoms with Crippen molar-refractivity contribution in [1.82, 2.24) is 5.32 Å². The number of amides is 2. The van der Waals surface area contributed by atoms with Gasteiger partial charge in [-0.15, -0.1) is 0 Å². The molecule has 0 spiro atoms. The summed E-state index contributed by atoms with van der Waals surface area (Å²) in [6.07, 6.45) is 0.227. The number of guanidine groups is 1. The minimum atomic E-state index is -0.861. The quantitative estimate of drug-likeness (QED) is 0.183. The first-order valence-electron chi connectivity index (χ1n) is 11.0. The third-order valence-electron chi connectivity index (χ3n) is 4.97. The highest BCUT2D eigenvalue weighted by molar-refractivity contribution is 6.05. The van der Waals surface area contributed by atoms with Gasteiger partial charge in [-0.3, -0.25) is 15.0 Å². The molecule has 0 heterocycles. The van der Waals surface area contributed by atoms with Crippen LogP contribution in [0.2, 0.25) is 0 Å². The van der Waals surface area contributed by atoms with Gasteiger partial charge in [-0.25, -0.2) is 4.79 Å². The zero-order valence-electron chi connectivity index (χ0n) is 19.2. The van der Waals surface area contributed by atoms with Crippen LogP contribution in [0.3, 0.4) is 0 Å². The van der Waals surface area contributed by atoms with Gasteiger partial charge in [0.2, 0.25) is 0 Å². The van der Waals surface area contributed by atoms with E-state index in [1.807, 2.05) is 0 Å². The minimum Gasteiger partial charge on any atom is -0.464 e. The van der Waals surface area contributed by atoms with Gasteiger partial charge in [0.1, 0.15) is 6.04 Å². The average Bonchev–Trinajstić information content (AvgIpc) is 2.85. The van der Waals surface area contributed by atoms with Crippen LogP contribution < -0.4 is 21.7 Å². The lowest BCUT2D eigenvalue weighted by atomic mass is 10.0. The molecule has 35 heavy (non-hydrogen) atoms. The second-order valence-electron chi connectivity index (χ2n) is 7.62. The van der Waals surface area contributed by atoms with Crippen LogP contribution >= 0.6 is 0 Å². The topological polar surface area (TPSA) is 146 Å². The summed E-state index contributed by atoms with van der Waals surface area (Å²) < 4.78 is 5.14.